The van der Waals surface area contributed by atoms with E-state index in [0.29, 0.717) is 29.0 Å². The Bertz CT molecular complexity index is 1180. The lowest BCUT2D eigenvalue weighted by atomic mass is 10.2. The first-order chi connectivity index (χ1) is 14.6. The van der Waals surface area contributed by atoms with E-state index in [1.807, 2.05) is 41.0 Å². The van der Waals surface area contributed by atoms with Gasteiger partial charge in [-0.25, -0.2) is 0 Å². The van der Waals surface area contributed by atoms with Crippen molar-refractivity contribution >= 4 is 21.9 Å². The largest absolute Gasteiger partial charge is 0.461 e. The third-order valence-corrected chi connectivity index (χ3v) is 6.55. The molecule has 0 unspecified atom stereocenters. The zero-order valence-corrected chi connectivity index (χ0v) is 17.6. The van der Waals surface area contributed by atoms with Crippen LogP contribution in [0.2, 0.25) is 0 Å². The molecule has 4 aromatic rings. The molecular weight excluding hydrogens is 422 g/mol. The van der Waals surface area contributed by atoms with Gasteiger partial charge in [-0.2, -0.15) is 8.42 Å². The topological polar surface area (TPSA) is 87.2 Å². The highest BCUT2D eigenvalue weighted by Gasteiger charge is 2.19. The minimum absolute atomic E-state index is 0.152. The molecule has 0 radical (unpaired) electrons. The zero-order valence-electron chi connectivity index (χ0n) is 15.9. The smallest absolute Gasteiger partial charge is 0.310 e. The molecule has 0 saturated carbocycles. The van der Waals surface area contributed by atoms with Gasteiger partial charge in [0.25, 0.3) is 0 Å². The van der Waals surface area contributed by atoms with E-state index in [1.165, 1.54) is 11.8 Å². The minimum Gasteiger partial charge on any atom is -0.461 e. The van der Waals surface area contributed by atoms with Gasteiger partial charge in [-0.15, -0.1) is 10.2 Å². The van der Waals surface area contributed by atoms with E-state index in [0.717, 1.165) is 5.56 Å². The number of hydrogen-bond acceptors (Lipinski definition) is 7. The van der Waals surface area contributed by atoms with E-state index in [2.05, 4.69) is 10.2 Å². The second-order valence-corrected chi connectivity index (χ2v) is 9.11. The van der Waals surface area contributed by atoms with Gasteiger partial charge in [-0.3, -0.25) is 4.57 Å². The molecule has 0 spiro atoms. The van der Waals surface area contributed by atoms with Gasteiger partial charge in [0.2, 0.25) is 5.82 Å². The zero-order chi connectivity index (χ0) is 20.8. The monoisotopic (exact) mass is 441 g/mol. The normalized spacial score (nSPS) is 11.5. The van der Waals surface area contributed by atoms with Gasteiger partial charge in [0, 0.05) is 5.75 Å². The molecule has 4 rings (SSSR count). The van der Waals surface area contributed by atoms with Gasteiger partial charge < -0.3 is 8.60 Å². The summed E-state index contributed by atoms with van der Waals surface area (Å²) in [5.41, 5.74) is 1.08. The molecule has 0 amide bonds. The second kappa shape index (κ2) is 9.19. The Labute approximate surface area is 178 Å². The van der Waals surface area contributed by atoms with E-state index in [4.69, 9.17) is 8.60 Å². The summed E-state index contributed by atoms with van der Waals surface area (Å²) in [7, 11) is -3.71. The predicted molar refractivity (Wildman–Crippen MR) is 115 cm³/mol. The van der Waals surface area contributed by atoms with Crippen molar-refractivity contribution in [3.8, 4) is 17.3 Å². The SMILES string of the molecule is O=S(=O)(CCSc1nnc(-c2ccco2)n1Cc1ccccc1)Oc1ccccc1. The van der Waals surface area contributed by atoms with Gasteiger partial charge in [0.05, 0.1) is 18.6 Å². The molecule has 2 aromatic carbocycles. The standard InChI is InChI=1S/C21H19N3O4S2/c25-30(26,28-18-10-5-2-6-11-18)15-14-29-21-23-22-20(19-12-7-13-27-19)24(21)16-17-8-3-1-4-9-17/h1-13H,14-16H2. The summed E-state index contributed by atoms with van der Waals surface area (Å²) >= 11 is 1.31. The van der Waals surface area contributed by atoms with Crippen LogP contribution in [0.15, 0.2) is 88.6 Å². The minimum atomic E-state index is -3.71. The molecule has 0 aliphatic heterocycles. The van der Waals surface area contributed by atoms with Crippen molar-refractivity contribution in [2.75, 3.05) is 11.5 Å². The first-order valence-corrected chi connectivity index (χ1v) is 11.8. The van der Waals surface area contributed by atoms with Crippen LogP contribution in [0.3, 0.4) is 0 Å². The van der Waals surface area contributed by atoms with Crippen molar-refractivity contribution in [1.29, 1.82) is 0 Å². The molecule has 154 valence electrons. The summed E-state index contributed by atoms with van der Waals surface area (Å²) in [6.07, 6.45) is 1.58. The maximum atomic E-state index is 12.3. The Kier molecular flexibility index (Phi) is 6.20. The van der Waals surface area contributed by atoms with Gasteiger partial charge in [-0.1, -0.05) is 60.3 Å². The summed E-state index contributed by atoms with van der Waals surface area (Å²) in [6.45, 7) is 0.541. The molecular formula is C21H19N3O4S2. The van der Waals surface area contributed by atoms with E-state index in [9.17, 15) is 8.42 Å². The Balaban J connectivity index is 1.48. The van der Waals surface area contributed by atoms with Crippen molar-refractivity contribution in [3.63, 3.8) is 0 Å². The molecule has 0 bridgehead atoms. The van der Waals surface area contributed by atoms with Crippen molar-refractivity contribution in [1.82, 2.24) is 14.8 Å². The molecule has 0 aliphatic carbocycles. The Morgan fingerprint density at radius 1 is 0.933 bits per heavy atom. The van der Waals surface area contributed by atoms with Crippen LogP contribution in [-0.4, -0.2) is 34.7 Å². The molecule has 0 saturated heterocycles. The quantitative estimate of drug-likeness (QED) is 0.286. The summed E-state index contributed by atoms with van der Waals surface area (Å²) in [6, 6.07) is 22.0. The number of para-hydroxylation sites is 1. The molecule has 7 nitrogen and oxygen atoms in total. The van der Waals surface area contributed by atoms with E-state index in [1.54, 1.807) is 42.7 Å². The number of rotatable bonds is 9. The van der Waals surface area contributed by atoms with Crippen LogP contribution in [0.1, 0.15) is 5.56 Å². The highest BCUT2D eigenvalue weighted by Crippen LogP contribution is 2.26. The fourth-order valence-corrected chi connectivity index (χ4v) is 5.02. The van der Waals surface area contributed by atoms with Crippen LogP contribution in [0.4, 0.5) is 0 Å². The molecule has 0 N–H and O–H groups in total. The highest BCUT2D eigenvalue weighted by molar-refractivity contribution is 8.00. The molecule has 0 atom stereocenters. The van der Waals surface area contributed by atoms with E-state index >= 15 is 0 Å². The predicted octanol–water partition coefficient (Wildman–Crippen LogP) is 4.09. The molecule has 2 heterocycles. The molecule has 9 heteroatoms. The first kappa shape index (κ1) is 20.2. The maximum absolute atomic E-state index is 12.3. The fourth-order valence-electron chi connectivity index (χ4n) is 2.79. The lowest BCUT2D eigenvalue weighted by molar-refractivity contribution is 0.488. The average molecular weight is 442 g/mol. The maximum Gasteiger partial charge on any atom is 0.310 e. The molecule has 30 heavy (non-hydrogen) atoms. The second-order valence-electron chi connectivity index (χ2n) is 6.36. The number of aromatic nitrogens is 3. The fraction of sp³-hybridized carbons (Fsp3) is 0.143. The van der Waals surface area contributed by atoms with E-state index in [-0.39, 0.29) is 11.5 Å². The van der Waals surface area contributed by atoms with Crippen LogP contribution in [0, 0.1) is 0 Å². The summed E-state index contributed by atoms with van der Waals surface area (Å²) in [5, 5.41) is 9.12. The van der Waals surface area contributed by atoms with Crippen LogP contribution >= 0.6 is 11.8 Å². The van der Waals surface area contributed by atoms with Crippen LogP contribution < -0.4 is 4.18 Å². The number of nitrogens with zero attached hydrogens (tertiary/aromatic N) is 3. The lowest BCUT2D eigenvalue weighted by Gasteiger charge is -2.10. The van der Waals surface area contributed by atoms with Crippen molar-refractivity contribution < 1.29 is 17.0 Å². The van der Waals surface area contributed by atoms with Crippen LogP contribution in [0.25, 0.3) is 11.6 Å². The highest BCUT2D eigenvalue weighted by atomic mass is 32.2. The first-order valence-electron chi connectivity index (χ1n) is 9.22. The van der Waals surface area contributed by atoms with Crippen molar-refractivity contribution in [2.45, 2.75) is 11.7 Å². The third-order valence-electron chi connectivity index (χ3n) is 4.17. The van der Waals surface area contributed by atoms with Crippen LogP contribution in [-0.2, 0) is 16.7 Å². The Morgan fingerprint density at radius 3 is 2.37 bits per heavy atom. The summed E-state index contributed by atoms with van der Waals surface area (Å²) < 4.78 is 37.1. The Hall–Kier alpha value is -3.04. The number of furan rings is 1. The van der Waals surface area contributed by atoms with Gasteiger partial charge in [0.1, 0.15) is 5.75 Å². The van der Waals surface area contributed by atoms with Gasteiger partial charge >= 0.3 is 10.1 Å². The Morgan fingerprint density at radius 2 is 1.67 bits per heavy atom. The number of hydrogen-bond donors (Lipinski definition) is 0. The third kappa shape index (κ3) is 5.11. The molecule has 2 aromatic heterocycles. The molecule has 0 fully saturated rings. The lowest BCUT2D eigenvalue weighted by Crippen LogP contribution is -2.15. The van der Waals surface area contributed by atoms with Crippen LogP contribution in [0.5, 0.6) is 5.75 Å². The van der Waals surface area contributed by atoms with Crippen molar-refractivity contribution in [2.24, 2.45) is 0 Å². The number of benzene rings is 2. The van der Waals surface area contributed by atoms with E-state index < -0.39 is 10.1 Å². The average Bonchev–Trinajstić information content (AvgIpc) is 3.40. The molecule has 0 aliphatic rings. The summed E-state index contributed by atoms with van der Waals surface area (Å²) in [5.74, 6) is 1.62. The van der Waals surface area contributed by atoms with Gasteiger partial charge in [-0.05, 0) is 29.8 Å². The van der Waals surface area contributed by atoms with Gasteiger partial charge in [0.15, 0.2) is 10.9 Å². The number of thioether (sulfide) groups is 1. The summed E-state index contributed by atoms with van der Waals surface area (Å²) in [4.78, 5) is 0. The van der Waals surface area contributed by atoms with Crippen molar-refractivity contribution in [3.05, 3.63) is 84.6 Å².